The average Bonchev–Trinajstić information content (AvgIpc) is 2.75. The first kappa shape index (κ1) is 18.2. The Bertz CT molecular complexity index is 396. The second kappa shape index (κ2) is 10.0. The SMILES string of the molecule is CCCCC1=[C]([Zr+2][c]2ccccc2)CC=C1.[Cl-].[Cl-]. The van der Waals surface area contributed by atoms with Gasteiger partial charge in [-0.15, -0.1) is 0 Å². The molecule has 2 rings (SSSR count). The predicted molar refractivity (Wildman–Crippen MR) is 66.4 cm³/mol. The van der Waals surface area contributed by atoms with Crippen molar-refractivity contribution in [1.29, 1.82) is 0 Å². The van der Waals surface area contributed by atoms with E-state index in [0.717, 1.165) is 0 Å². The first-order valence-electron chi connectivity index (χ1n) is 6.11. The largest absolute Gasteiger partial charge is 1.00 e. The van der Waals surface area contributed by atoms with E-state index >= 15 is 0 Å². The molecular weight excluding hydrogens is 342 g/mol. The van der Waals surface area contributed by atoms with Gasteiger partial charge in [0.15, 0.2) is 0 Å². The van der Waals surface area contributed by atoms with Crippen LogP contribution in [0.2, 0.25) is 0 Å². The first-order chi connectivity index (χ1) is 7.90. The van der Waals surface area contributed by atoms with Crippen LogP contribution in [0.15, 0.2) is 51.3 Å². The second-order valence-corrected chi connectivity index (χ2v) is 7.72. The molecule has 0 nitrogen and oxygen atoms in total. The Kier molecular flexibility index (Phi) is 10.1. The normalized spacial score (nSPS) is 12.7. The van der Waals surface area contributed by atoms with Crippen molar-refractivity contribution in [3.63, 3.8) is 0 Å². The van der Waals surface area contributed by atoms with Gasteiger partial charge in [0.1, 0.15) is 0 Å². The van der Waals surface area contributed by atoms with Crippen LogP contribution in [0.3, 0.4) is 0 Å². The summed E-state index contributed by atoms with van der Waals surface area (Å²) in [5, 5.41) is 0. The van der Waals surface area contributed by atoms with Crippen LogP contribution >= 0.6 is 0 Å². The van der Waals surface area contributed by atoms with Gasteiger partial charge in [-0.2, -0.15) is 0 Å². The smallest absolute Gasteiger partial charge is 1.00 e. The molecule has 0 spiro atoms. The van der Waals surface area contributed by atoms with Crippen LogP contribution in [0.1, 0.15) is 32.6 Å². The molecule has 0 radical (unpaired) electrons. The van der Waals surface area contributed by atoms with Crippen molar-refractivity contribution in [3.05, 3.63) is 51.3 Å². The Morgan fingerprint density at radius 3 is 2.50 bits per heavy atom. The van der Waals surface area contributed by atoms with E-state index in [2.05, 4.69) is 49.4 Å². The monoisotopic (exact) mass is 358 g/mol. The first-order valence-corrected chi connectivity index (χ1v) is 8.56. The summed E-state index contributed by atoms with van der Waals surface area (Å²) >= 11 is -0.490. The number of benzene rings is 1. The topological polar surface area (TPSA) is 0 Å². The minimum Gasteiger partial charge on any atom is -1.00 e. The van der Waals surface area contributed by atoms with E-state index in [4.69, 9.17) is 0 Å². The zero-order chi connectivity index (χ0) is 11.2. The van der Waals surface area contributed by atoms with Gasteiger partial charge in [0.05, 0.1) is 0 Å². The third-order valence-corrected chi connectivity index (χ3v) is 6.46. The maximum absolute atomic E-state index is 2.37. The Morgan fingerprint density at radius 1 is 1.11 bits per heavy atom. The van der Waals surface area contributed by atoms with E-state index < -0.39 is 23.2 Å². The molecule has 0 unspecified atom stereocenters. The molecule has 0 amide bonds. The molecule has 0 fully saturated rings. The molecule has 1 aromatic rings. The van der Waals surface area contributed by atoms with Crippen LogP contribution in [0, 0.1) is 0 Å². The molecular formula is C15H18Cl2Zr. The molecule has 0 atom stereocenters. The van der Waals surface area contributed by atoms with Crippen LogP contribution in [-0.4, -0.2) is 0 Å². The molecule has 0 saturated carbocycles. The summed E-state index contributed by atoms with van der Waals surface area (Å²) in [6.07, 6.45) is 9.91. The Morgan fingerprint density at radius 2 is 1.83 bits per heavy atom. The van der Waals surface area contributed by atoms with Crippen molar-refractivity contribution in [2.75, 3.05) is 0 Å². The van der Waals surface area contributed by atoms with Gasteiger partial charge in [-0.1, -0.05) is 0 Å². The van der Waals surface area contributed by atoms with Crippen LogP contribution in [0.25, 0.3) is 0 Å². The van der Waals surface area contributed by atoms with Gasteiger partial charge in [-0.3, -0.25) is 0 Å². The van der Waals surface area contributed by atoms with Gasteiger partial charge in [0, 0.05) is 0 Å². The van der Waals surface area contributed by atoms with Gasteiger partial charge in [-0.05, 0) is 0 Å². The zero-order valence-corrected chi connectivity index (χ0v) is 14.6. The quantitative estimate of drug-likeness (QED) is 0.560. The van der Waals surface area contributed by atoms with Crippen molar-refractivity contribution in [1.82, 2.24) is 0 Å². The van der Waals surface area contributed by atoms with E-state index in [0.29, 0.717) is 0 Å². The van der Waals surface area contributed by atoms with Crippen molar-refractivity contribution in [2.45, 2.75) is 32.6 Å². The number of unbranched alkanes of at least 4 members (excludes halogenated alkanes) is 1. The molecule has 0 aliphatic heterocycles. The van der Waals surface area contributed by atoms with Gasteiger partial charge < -0.3 is 24.8 Å². The Labute approximate surface area is 134 Å². The summed E-state index contributed by atoms with van der Waals surface area (Å²) in [7, 11) is 0. The van der Waals surface area contributed by atoms with Crippen LogP contribution < -0.4 is 28.1 Å². The number of allylic oxidation sites excluding steroid dienone is 4. The number of rotatable bonds is 5. The number of halogens is 2. The molecule has 0 N–H and O–H groups in total. The molecule has 1 aliphatic carbocycles. The van der Waals surface area contributed by atoms with Crippen molar-refractivity contribution in [2.24, 2.45) is 0 Å². The summed E-state index contributed by atoms with van der Waals surface area (Å²) in [5.41, 5.74) is 1.66. The third-order valence-electron chi connectivity index (χ3n) is 2.90. The van der Waals surface area contributed by atoms with Crippen LogP contribution in [-0.2, 0) is 23.2 Å². The number of hydrogen-bond acceptors (Lipinski definition) is 0. The predicted octanol–water partition coefficient (Wildman–Crippen LogP) is -2.19. The molecule has 1 aliphatic rings. The van der Waals surface area contributed by atoms with Crippen molar-refractivity contribution < 1.29 is 48.0 Å². The minimum absolute atomic E-state index is 0. The molecule has 96 valence electrons. The minimum atomic E-state index is -0.490. The number of hydrogen-bond donors (Lipinski definition) is 0. The maximum Gasteiger partial charge on any atom is -1.00 e. The zero-order valence-electron chi connectivity index (χ0n) is 10.6. The Balaban J connectivity index is 0.00000144. The molecule has 0 bridgehead atoms. The fraction of sp³-hybridized carbons (Fsp3) is 0.333. The van der Waals surface area contributed by atoms with E-state index in [9.17, 15) is 0 Å². The molecule has 1 aromatic carbocycles. The van der Waals surface area contributed by atoms with E-state index in [1.165, 1.54) is 25.7 Å². The standard InChI is InChI=1S/C9H13.C6H5.2ClH.Zr/c1-2-3-6-9-7-4-5-8-9;1-2-4-6-5-3-1;;;/h4,7H,2-3,5-6H2,1H3;1-5H;2*1H;/q;;;;+2/p-2. The summed E-state index contributed by atoms with van der Waals surface area (Å²) < 4.78 is 3.40. The summed E-state index contributed by atoms with van der Waals surface area (Å²) in [6.45, 7) is 2.27. The fourth-order valence-electron chi connectivity index (χ4n) is 1.98. The molecule has 0 aromatic heterocycles. The van der Waals surface area contributed by atoms with Crippen molar-refractivity contribution >= 4 is 3.27 Å². The second-order valence-electron chi connectivity index (χ2n) is 4.20. The van der Waals surface area contributed by atoms with E-state index in [1.54, 1.807) is 12.1 Å². The van der Waals surface area contributed by atoms with Crippen LogP contribution in [0.4, 0.5) is 0 Å². The molecule has 3 heteroatoms. The average molecular weight is 360 g/mol. The summed E-state index contributed by atoms with van der Waals surface area (Å²) in [6, 6.07) is 11.1. The van der Waals surface area contributed by atoms with Gasteiger partial charge in [-0.25, -0.2) is 0 Å². The van der Waals surface area contributed by atoms with Gasteiger partial charge >= 0.3 is 110 Å². The van der Waals surface area contributed by atoms with Crippen LogP contribution in [0.5, 0.6) is 0 Å². The van der Waals surface area contributed by atoms with Gasteiger partial charge in [0.25, 0.3) is 0 Å². The van der Waals surface area contributed by atoms with Gasteiger partial charge in [0.2, 0.25) is 0 Å². The maximum atomic E-state index is 2.37. The fourth-order valence-corrected chi connectivity index (χ4v) is 5.17. The summed E-state index contributed by atoms with van der Waals surface area (Å²) in [5.74, 6) is 0. The van der Waals surface area contributed by atoms with E-state index in [-0.39, 0.29) is 24.8 Å². The molecule has 0 saturated heterocycles. The molecule has 0 heterocycles. The third kappa shape index (κ3) is 5.43. The van der Waals surface area contributed by atoms with Crippen molar-refractivity contribution in [3.8, 4) is 0 Å². The van der Waals surface area contributed by atoms with E-state index in [1.807, 2.05) is 0 Å². The Hall–Kier alpha value is 0.163. The summed E-state index contributed by atoms with van der Waals surface area (Å²) in [4.78, 5) is 0. The molecule has 18 heavy (non-hydrogen) atoms.